The van der Waals surface area contributed by atoms with Gasteiger partial charge in [-0.2, -0.15) is 0 Å². The topological polar surface area (TPSA) is 72.0 Å². The van der Waals surface area contributed by atoms with Crippen molar-refractivity contribution in [3.05, 3.63) is 59.2 Å². The number of hydrogen-bond acceptors (Lipinski definition) is 3. The molecule has 4 atom stereocenters. The Kier molecular flexibility index (Phi) is 7.71. The summed E-state index contributed by atoms with van der Waals surface area (Å²) in [6.45, 7) is 9.43. The Morgan fingerprint density at radius 1 is 1.08 bits per heavy atom. The number of piperidine rings is 1. The van der Waals surface area contributed by atoms with Gasteiger partial charge < -0.3 is 37.4 Å². The normalized spacial score (nSPS) is 28.3. The fourth-order valence-electron chi connectivity index (χ4n) is 7.80. The van der Waals surface area contributed by atoms with E-state index in [-0.39, 0.29) is 23.7 Å². The highest BCUT2D eigenvalue weighted by molar-refractivity contribution is 5.82. The van der Waals surface area contributed by atoms with Crippen LogP contribution in [0.15, 0.2) is 42.5 Å². The van der Waals surface area contributed by atoms with Crippen LogP contribution in [-0.4, -0.2) is 49.8 Å². The molecule has 4 N–H and O–H groups in total. The summed E-state index contributed by atoms with van der Waals surface area (Å²) in [4.78, 5) is 16.9. The molecule has 4 heterocycles. The Labute approximate surface area is 226 Å². The number of nitrogens with zero attached hydrogens (tertiary/aromatic N) is 1. The van der Waals surface area contributed by atoms with Crippen LogP contribution in [0, 0.1) is 11.8 Å². The molecule has 0 unspecified atom stereocenters. The molecule has 37 heavy (non-hydrogen) atoms. The number of ether oxygens (including phenoxy) is 2. The molecule has 0 radical (unpaired) electrons. The van der Waals surface area contributed by atoms with Crippen molar-refractivity contribution in [2.75, 3.05) is 33.0 Å². The molecule has 200 valence electrons. The van der Waals surface area contributed by atoms with Crippen LogP contribution >= 0.6 is 0 Å². The van der Waals surface area contributed by atoms with Gasteiger partial charge in [-0.3, -0.25) is 4.79 Å². The van der Waals surface area contributed by atoms with Crippen molar-refractivity contribution in [3.63, 3.8) is 0 Å². The minimum absolute atomic E-state index is 0. The quantitative estimate of drug-likeness (QED) is 0.532. The average Bonchev–Trinajstić information content (AvgIpc) is 3.58. The zero-order valence-electron chi connectivity index (χ0n) is 22.1. The van der Waals surface area contributed by atoms with Crippen LogP contribution in [-0.2, 0) is 16.8 Å². The number of hydrogen-bond donors (Lipinski definition) is 2. The summed E-state index contributed by atoms with van der Waals surface area (Å²) in [6, 6.07) is 15.6. The van der Waals surface area contributed by atoms with E-state index in [1.807, 2.05) is 0 Å². The van der Waals surface area contributed by atoms with Crippen molar-refractivity contribution >= 4 is 5.91 Å². The third kappa shape index (κ3) is 4.41. The average molecular weight is 527 g/mol. The molecule has 2 aromatic carbocycles. The van der Waals surface area contributed by atoms with Gasteiger partial charge in [0.2, 0.25) is 12.7 Å². The largest absolute Gasteiger partial charge is 1.00 e. The first-order valence-corrected chi connectivity index (χ1v) is 14.1. The van der Waals surface area contributed by atoms with E-state index in [2.05, 4.69) is 71.8 Å². The predicted molar refractivity (Wildman–Crippen MR) is 138 cm³/mol. The van der Waals surface area contributed by atoms with Crippen LogP contribution in [0.2, 0.25) is 0 Å². The lowest BCUT2D eigenvalue weighted by molar-refractivity contribution is -0.691. The highest BCUT2D eigenvalue weighted by atomic mass is 35.5. The molecule has 0 saturated carbocycles. The lowest BCUT2D eigenvalue weighted by atomic mass is 9.67. The zero-order chi connectivity index (χ0) is 24.7. The number of fused-ring (bicyclic) bond motifs is 4. The first-order valence-electron chi connectivity index (χ1n) is 14.1. The smallest absolute Gasteiger partial charge is 0.233 e. The molecule has 1 spiro atoms. The highest BCUT2D eigenvalue weighted by Gasteiger charge is 2.57. The van der Waals surface area contributed by atoms with Gasteiger partial charge in [-0.15, -0.1) is 0 Å². The first kappa shape index (κ1) is 26.3. The maximum Gasteiger partial charge on any atom is 0.233 e. The summed E-state index contributed by atoms with van der Waals surface area (Å²) in [5, 5.41) is 4.75. The fraction of sp³-hybridized carbons (Fsp3) is 0.567. The van der Waals surface area contributed by atoms with E-state index in [4.69, 9.17) is 9.47 Å². The lowest BCUT2D eigenvalue weighted by Gasteiger charge is -2.46. The number of carbonyl (C=O) groups is 1. The first-order chi connectivity index (χ1) is 17.7. The van der Waals surface area contributed by atoms with Gasteiger partial charge in [0, 0.05) is 12.6 Å². The maximum atomic E-state index is 14.5. The van der Waals surface area contributed by atoms with E-state index in [1.54, 1.807) is 0 Å². The van der Waals surface area contributed by atoms with Crippen LogP contribution in [0.4, 0.5) is 0 Å². The Morgan fingerprint density at radius 2 is 1.86 bits per heavy atom. The van der Waals surface area contributed by atoms with E-state index >= 15 is 0 Å². The second-order valence-electron chi connectivity index (χ2n) is 11.3. The monoisotopic (exact) mass is 526 g/mol. The molecular weight excluding hydrogens is 486 g/mol. The van der Waals surface area contributed by atoms with Gasteiger partial charge in [-0.05, 0) is 41.9 Å². The van der Waals surface area contributed by atoms with Crippen LogP contribution < -0.4 is 32.5 Å². The Bertz CT molecular complexity index is 1110. The van der Waals surface area contributed by atoms with Crippen LogP contribution in [0.3, 0.4) is 0 Å². The fourth-order valence-corrected chi connectivity index (χ4v) is 7.80. The molecule has 6 rings (SSSR count). The number of quaternary nitrogens is 2. The lowest BCUT2D eigenvalue weighted by Crippen LogP contribution is -3.00. The Hall–Kier alpha value is -2.28. The van der Waals surface area contributed by atoms with Gasteiger partial charge in [-0.1, -0.05) is 63.1 Å². The number of rotatable bonds is 5. The summed E-state index contributed by atoms with van der Waals surface area (Å²) < 4.78 is 11.6. The van der Waals surface area contributed by atoms with Gasteiger partial charge in [0.1, 0.15) is 17.9 Å². The standard InChI is InChI=1S/C30H39N3O3.ClH/c1-3-20(4-2)26-14-22(21-8-6-5-7-9-21)12-13-33(26)29(34)25-16-32-18-30(25)17-31-15-23-24(30)10-11-27-28(23)36-19-35-27;/h5-11,20,22,25-26,31-32H,3-4,12-19H2,1-2H3;1H/p+1/t22-,25+,26+,30+;/m1./s1. The number of benzene rings is 2. The number of likely N-dealkylation sites (tertiary alicyclic amines) is 1. The van der Waals surface area contributed by atoms with Gasteiger partial charge in [0.05, 0.1) is 25.2 Å². The van der Waals surface area contributed by atoms with E-state index in [0.717, 1.165) is 69.9 Å². The summed E-state index contributed by atoms with van der Waals surface area (Å²) in [5.41, 5.74) is 3.84. The number of amides is 1. The molecule has 2 fully saturated rings. The summed E-state index contributed by atoms with van der Waals surface area (Å²) >= 11 is 0. The highest BCUT2D eigenvalue weighted by Crippen LogP contribution is 2.46. The van der Waals surface area contributed by atoms with Crippen LogP contribution in [0.5, 0.6) is 11.5 Å². The third-order valence-electron chi connectivity index (χ3n) is 9.70. The number of halogens is 1. The zero-order valence-corrected chi connectivity index (χ0v) is 22.9. The van der Waals surface area contributed by atoms with Crippen molar-refractivity contribution in [2.24, 2.45) is 11.8 Å². The molecule has 2 aromatic rings. The second kappa shape index (κ2) is 10.8. The van der Waals surface area contributed by atoms with Crippen LogP contribution in [0.1, 0.15) is 62.1 Å². The summed E-state index contributed by atoms with van der Waals surface area (Å²) in [5.74, 6) is 3.21. The molecule has 2 saturated heterocycles. The minimum atomic E-state index is -0.152. The number of carbonyl (C=O) groups excluding carboxylic acids is 1. The third-order valence-corrected chi connectivity index (χ3v) is 9.70. The second-order valence-corrected chi connectivity index (χ2v) is 11.3. The van der Waals surface area contributed by atoms with Gasteiger partial charge in [0.25, 0.3) is 0 Å². The molecule has 7 heteroatoms. The molecule has 4 aliphatic rings. The molecular formula is C30H41ClN3O3+. The SMILES string of the molecule is CCC(CC)[C@@H]1C[C@H](c2ccccc2)CCN1C(=O)[C@@H]1C[NH2+]C[C@]12C[NH2+]Cc1c2ccc2c1OCO2.[Cl-]. The Morgan fingerprint density at radius 3 is 2.65 bits per heavy atom. The van der Waals surface area contributed by atoms with E-state index in [1.165, 1.54) is 16.7 Å². The van der Waals surface area contributed by atoms with Gasteiger partial charge >= 0.3 is 0 Å². The molecule has 0 bridgehead atoms. The minimum Gasteiger partial charge on any atom is -1.00 e. The van der Waals surface area contributed by atoms with Crippen molar-refractivity contribution in [2.45, 2.75) is 63.5 Å². The molecule has 4 aliphatic heterocycles. The van der Waals surface area contributed by atoms with Crippen molar-refractivity contribution in [3.8, 4) is 11.5 Å². The van der Waals surface area contributed by atoms with Crippen molar-refractivity contribution in [1.29, 1.82) is 0 Å². The number of nitrogens with two attached hydrogens (primary N) is 2. The van der Waals surface area contributed by atoms with E-state index in [9.17, 15) is 4.79 Å². The van der Waals surface area contributed by atoms with Gasteiger partial charge in [0.15, 0.2) is 11.5 Å². The molecule has 6 nitrogen and oxygen atoms in total. The maximum absolute atomic E-state index is 14.5. The van der Waals surface area contributed by atoms with Crippen LogP contribution in [0.25, 0.3) is 0 Å². The van der Waals surface area contributed by atoms with E-state index < -0.39 is 0 Å². The van der Waals surface area contributed by atoms with Gasteiger partial charge in [-0.25, -0.2) is 0 Å². The van der Waals surface area contributed by atoms with Crippen molar-refractivity contribution in [1.82, 2.24) is 4.90 Å². The Balaban J connectivity index is 0.00000280. The summed E-state index contributed by atoms with van der Waals surface area (Å²) in [7, 11) is 0. The molecule has 1 amide bonds. The van der Waals surface area contributed by atoms with Crippen molar-refractivity contribution < 1.29 is 37.3 Å². The summed E-state index contributed by atoms with van der Waals surface area (Å²) in [6.07, 6.45) is 4.37. The van der Waals surface area contributed by atoms with E-state index in [0.29, 0.717) is 30.6 Å². The molecule has 0 aliphatic carbocycles. The molecule has 0 aromatic heterocycles. The predicted octanol–water partition coefficient (Wildman–Crippen LogP) is -0.862.